The van der Waals surface area contributed by atoms with Crippen molar-refractivity contribution in [3.63, 3.8) is 0 Å². The predicted octanol–water partition coefficient (Wildman–Crippen LogP) is 4.36. The number of allylic oxidation sites excluding steroid dienone is 1. The number of alkyl halides is 1. The number of benzene rings is 1. The van der Waals surface area contributed by atoms with E-state index in [1.165, 1.54) is 0 Å². The van der Waals surface area contributed by atoms with E-state index in [1.54, 1.807) is 12.1 Å². The average molecular weight is 330 g/mol. The fraction of sp³-hybridized carbons (Fsp3) is 0.619. The van der Waals surface area contributed by atoms with Crippen molar-refractivity contribution in [3.8, 4) is 5.75 Å². The zero-order chi connectivity index (χ0) is 17.2. The van der Waals surface area contributed by atoms with Crippen LogP contribution in [0.1, 0.15) is 50.2 Å². The molecule has 1 aromatic carbocycles. The van der Waals surface area contributed by atoms with Crippen LogP contribution >= 0.6 is 0 Å². The Balaban J connectivity index is 1.85. The van der Waals surface area contributed by atoms with Gasteiger partial charge in [0.25, 0.3) is 0 Å². The van der Waals surface area contributed by atoms with Crippen LogP contribution in [0.5, 0.6) is 5.75 Å². The Hall–Kier alpha value is -1.35. The predicted molar refractivity (Wildman–Crippen MR) is 92.7 cm³/mol. The summed E-state index contributed by atoms with van der Waals surface area (Å²) in [4.78, 5) is 0. The molecular weight excluding hydrogens is 303 g/mol. The second-order valence-electron chi connectivity index (χ2n) is 8.72. The third-order valence-corrected chi connectivity index (χ3v) is 7.08. The van der Waals surface area contributed by atoms with Crippen molar-refractivity contribution in [3.05, 3.63) is 41.5 Å². The summed E-state index contributed by atoms with van der Waals surface area (Å²) >= 11 is 0. The smallest absolute Gasteiger partial charge is 0.115 e. The van der Waals surface area contributed by atoms with E-state index in [4.69, 9.17) is 0 Å². The molecule has 3 aliphatic carbocycles. The Morgan fingerprint density at radius 3 is 2.79 bits per heavy atom. The molecule has 7 atom stereocenters. The molecule has 0 heterocycles. The van der Waals surface area contributed by atoms with E-state index < -0.39 is 6.17 Å². The van der Waals surface area contributed by atoms with E-state index in [-0.39, 0.29) is 35.0 Å². The van der Waals surface area contributed by atoms with E-state index in [0.717, 1.165) is 29.5 Å². The number of fused-ring (bicyclic) bond motifs is 5. The zero-order valence-electron chi connectivity index (χ0n) is 14.5. The summed E-state index contributed by atoms with van der Waals surface area (Å²) in [7, 11) is 0. The third kappa shape index (κ3) is 2.24. The van der Waals surface area contributed by atoms with Gasteiger partial charge in [0.15, 0.2) is 0 Å². The van der Waals surface area contributed by atoms with Gasteiger partial charge in [0.05, 0.1) is 6.10 Å². The third-order valence-electron chi connectivity index (χ3n) is 7.08. The summed E-state index contributed by atoms with van der Waals surface area (Å²) in [5.41, 5.74) is 3.11. The van der Waals surface area contributed by atoms with Crippen LogP contribution in [0.4, 0.5) is 4.39 Å². The molecule has 0 radical (unpaired) electrons. The molecule has 2 fully saturated rings. The quantitative estimate of drug-likeness (QED) is 0.751. The van der Waals surface area contributed by atoms with Gasteiger partial charge in [-0.25, -0.2) is 4.39 Å². The maximum Gasteiger partial charge on any atom is 0.115 e. The molecule has 2 N–H and O–H groups in total. The van der Waals surface area contributed by atoms with Crippen molar-refractivity contribution < 1.29 is 14.6 Å². The number of halogens is 1. The van der Waals surface area contributed by atoms with Crippen molar-refractivity contribution >= 4 is 0 Å². The summed E-state index contributed by atoms with van der Waals surface area (Å²) < 4.78 is 15.4. The lowest BCUT2D eigenvalue weighted by Crippen LogP contribution is -2.49. The number of aromatic hydroxyl groups is 1. The first-order valence-electron chi connectivity index (χ1n) is 9.09. The van der Waals surface area contributed by atoms with Crippen molar-refractivity contribution in [2.24, 2.45) is 23.2 Å². The molecule has 24 heavy (non-hydrogen) atoms. The summed E-state index contributed by atoms with van der Waals surface area (Å²) in [6.07, 6.45) is 1.63. The van der Waals surface area contributed by atoms with Gasteiger partial charge in [0.2, 0.25) is 0 Å². The molecule has 1 aromatic rings. The molecule has 3 aliphatic rings. The second kappa shape index (κ2) is 5.32. The Bertz CT molecular complexity index is 684. The highest BCUT2D eigenvalue weighted by Gasteiger charge is 2.58. The van der Waals surface area contributed by atoms with Gasteiger partial charge >= 0.3 is 0 Å². The highest BCUT2D eigenvalue weighted by molar-refractivity contribution is 5.42. The van der Waals surface area contributed by atoms with Gasteiger partial charge in [0.1, 0.15) is 11.9 Å². The monoisotopic (exact) mass is 330 g/mol. The van der Waals surface area contributed by atoms with E-state index >= 15 is 4.39 Å². The molecule has 0 bridgehead atoms. The number of aliphatic hydroxyl groups is 1. The van der Waals surface area contributed by atoms with Crippen molar-refractivity contribution in [2.45, 2.75) is 57.7 Å². The number of phenolic OH excluding ortho intramolecular Hbond substituents is 1. The van der Waals surface area contributed by atoms with Gasteiger partial charge in [-0.3, -0.25) is 0 Å². The first kappa shape index (κ1) is 16.1. The maximum atomic E-state index is 15.4. The molecule has 0 spiro atoms. The standard InChI is InChI=1S/C21H27FO2/c1-11(2)16-7-12-6-13(23)4-5-15(12)20-18(22)10-21(3)9-14(24)8-17(21)19(16)20/h4-6,14,16-20,23-24H,1,7-10H2,2-3H3/t14-,16-,17-,18-,19-,20-,21-/m0/s1. The SMILES string of the molecule is C=C(C)[C@@H]1Cc2cc(O)ccc2[C@@H]2[C@@H]1[C@@H]1C[C@H](O)C[C@@]1(C)C[C@@H]2F. The summed E-state index contributed by atoms with van der Waals surface area (Å²) in [5, 5.41) is 20.1. The van der Waals surface area contributed by atoms with Gasteiger partial charge in [0, 0.05) is 5.92 Å². The van der Waals surface area contributed by atoms with Crippen LogP contribution in [0.25, 0.3) is 0 Å². The van der Waals surface area contributed by atoms with Gasteiger partial charge in [-0.05, 0) is 79.0 Å². The fourth-order valence-corrected chi connectivity index (χ4v) is 6.17. The van der Waals surface area contributed by atoms with Crippen LogP contribution in [0.15, 0.2) is 30.4 Å². The first-order chi connectivity index (χ1) is 11.3. The van der Waals surface area contributed by atoms with Crippen LogP contribution in [0, 0.1) is 23.2 Å². The Morgan fingerprint density at radius 2 is 2.08 bits per heavy atom. The number of aliphatic hydroxyl groups excluding tert-OH is 1. The first-order valence-corrected chi connectivity index (χ1v) is 9.09. The topological polar surface area (TPSA) is 40.5 Å². The Morgan fingerprint density at radius 1 is 1.33 bits per heavy atom. The molecule has 0 aromatic heterocycles. The number of hydrogen-bond acceptors (Lipinski definition) is 2. The van der Waals surface area contributed by atoms with Gasteiger partial charge in [-0.1, -0.05) is 25.1 Å². The van der Waals surface area contributed by atoms with Gasteiger partial charge < -0.3 is 10.2 Å². The normalized spacial score (nSPS) is 43.7. The lowest BCUT2D eigenvalue weighted by molar-refractivity contribution is -0.0162. The number of rotatable bonds is 1. The minimum Gasteiger partial charge on any atom is -0.508 e. The second-order valence-corrected chi connectivity index (χ2v) is 8.72. The number of hydrogen-bond donors (Lipinski definition) is 2. The van der Waals surface area contributed by atoms with Gasteiger partial charge in [-0.15, -0.1) is 0 Å². The molecule has 0 aliphatic heterocycles. The Labute approximate surface area is 143 Å². The minimum atomic E-state index is -0.896. The van der Waals surface area contributed by atoms with Crippen LogP contribution in [-0.4, -0.2) is 22.5 Å². The highest BCUT2D eigenvalue weighted by atomic mass is 19.1. The van der Waals surface area contributed by atoms with Crippen LogP contribution in [0.3, 0.4) is 0 Å². The van der Waals surface area contributed by atoms with Gasteiger partial charge in [-0.2, -0.15) is 0 Å². The molecular formula is C21H27FO2. The van der Waals surface area contributed by atoms with Crippen molar-refractivity contribution in [1.29, 1.82) is 0 Å². The largest absolute Gasteiger partial charge is 0.508 e. The summed E-state index contributed by atoms with van der Waals surface area (Å²) in [6, 6.07) is 5.39. The zero-order valence-corrected chi connectivity index (χ0v) is 14.5. The molecule has 0 saturated heterocycles. The summed E-state index contributed by atoms with van der Waals surface area (Å²) in [6.45, 7) is 8.41. The van der Waals surface area contributed by atoms with Crippen molar-refractivity contribution in [2.75, 3.05) is 0 Å². The van der Waals surface area contributed by atoms with E-state index in [1.807, 2.05) is 13.0 Å². The highest BCUT2D eigenvalue weighted by Crippen LogP contribution is 2.63. The molecule has 0 unspecified atom stereocenters. The van der Waals surface area contributed by atoms with E-state index in [2.05, 4.69) is 13.5 Å². The molecule has 0 amide bonds. The minimum absolute atomic E-state index is 0.109. The molecule has 2 nitrogen and oxygen atoms in total. The maximum absolute atomic E-state index is 15.4. The Kier molecular flexibility index (Phi) is 3.58. The van der Waals surface area contributed by atoms with Crippen LogP contribution < -0.4 is 0 Å². The number of phenols is 1. The van der Waals surface area contributed by atoms with E-state index in [9.17, 15) is 10.2 Å². The lowest BCUT2D eigenvalue weighted by Gasteiger charge is -2.53. The van der Waals surface area contributed by atoms with Crippen LogP contribution in [0.2, 0.25) is 0 Å². The lowest BCUT2D eigenvalue weighted by atomic mass is 9.51. The summed E-state index contributed by atoms with van der Waals surface area (Å²) in [5.74, 6) is 0.871. The molecule has 130 valence electrons. The van der Waals surface area contributed by atoms with Crippen LogP contribution in [-0.2, 0) is 6.42 Å². The average Bonchev–Trinajstić information content (AvgIpc) is 2.79. The van der Waals surface area contributed by atoms with Crippen molar-refractivity contribution in [1.82, 2.24) is 0 Å². The molecule has 3 heteroatoms. The molecule has 4 rings (SSSR count). The fourth-order valence-electron chi connectivity index (χ4n) is 6.17. The molecule has 2 saturated carbocycles. The van der Waals surface area contributed by atoms with E-state index in [0.29, 0.717) is 18.8 Å².